The lowest BCUT2D eigenvalue weighted by molar-refractivity contribution is 1.35. The van der Waals surface area contributed by atoms with Crippen molar-refractivity contribution in [2.24, 2.45) is 5.84 Å². The van der Waals surface area contributed by atoms with E-state index in [1.165, 1.54) is 0 Å². The van der Waals surface area contributed by atoms with E-state index in [0.717, 1.165) is 11.1 Å². The number of nitrogens with two attached hydrogens (primary N) is 3. The van der Waals surface area contributed by atoms with Gasteiger partial charge in [0.15, 0.2) is 0 Å². The molecule has 0 saturated carbocycles. The molecule has 0 amide bonds. The van der Waals surface area contributed by atoms with Crippen molar-refractivity contribution in [2.45, 2.75) is 0 Å². The molecule has 4 heteroatoms. The highest BCUT2D eigenvalue weighted by Crippen LogP contribution is 2.26. The van der Waals surface area contributed by atoms with Crippen LogP contribution < -0.4 is 22.7 Å². The van der Waals surface area contributed by atoms with Gasteiger partial charge in [-0.05, 0) is 35.4 Å². The minimum absolute atomic E-state index is 0.255. The number of hydrazine groups is 1. The first kappa shape index (κ1) is 9.06. The van der Waals surface area contributed by atoms with Gasteiger partial charge in [-0.3, -0.25) is 5.84 Å². The lowest BCUT2D eigenvalue weighted by Gasteiger charge is -2.07. The molecule has 0 bridgehead atoms. The first-order valence-electron chi connectivity index (χ1n) is 5.35. The molecule has 0 aliphatic heterocycles. The molecule has 7 N–H and O–H groups in total. The standard InChI is InChI=1S/C12H14N4/c13-10-4-1-8(2-5-10)9-3-6-12(16-15)11(14)7-9/h1-7,16H,13-15H2/i7D. The molecule has 4 nitrogen and oxygen atoms in total. The van der Waals surface area contributed by atoms with Crippen LogP contribution >= 0.6 is 0 Å². The van der Waals surface area contributed by atoms with Crippen LogP contribution in [0.2, 0.25) is 0 Å². The summed E-state index contributed by atoms with van der Waals surface area (Å²) in [5.41, 5.74) is 17.1. The molecule has 16 heavy (non-hydrogen) atoms. The summed E-state index contributed by atoms with van der Waals surface area (Å²) in [6, 6.07) is 11.1. The number of nitrogen functional groups attached to an aromatic ring is 3. The van der Waals surface area contributed by atoms with E-state index in [4.69, 9.17) is 18.7 Å². The van der Waals surface area contributed by atoms with Crippen molar-refractivity contribution in [3.63, 3.8) is 0 Å². The van der Waals surface area contributed by atoms with Crippen molar-refractivity contribution in [1.29, 1.82) is 0 Å². The molecule has 2 aromatic carbocycles. The van der Waals surface area contributed by atoms with Gasteiger partial charge < -0.3 is 16.9 Å². The minimum Gasteiger partial charge on any atom is -0.399 e. The average molecular weight is 215 g/mol. The van der Waals surface area contributed by atoms with Crippen LogP contribution in [-0.4, -0.2) is 0 Å². The Hall–Kier alpha value is -2.20. The van der Waals surface area contributed by atoms with Crippen LogP contribution in [0.4, 0.5) is 17.1 Å². The van der Waals surface area contributed by atoms with Gasteiger partial charge in [0, 0.05) is 5.69 Å². The van der Waals surface area contributed by atoms with Gasteiger partial charge in [-0.1, -0.05) is 18.2 Å². The highest BCUT2D eigenvalue weighted by atomic mass is 15.2. The summed E-state index contributed by atoms with van der Waals surface area (Å²) in [4.78, 5) is 0. The van der Waals surface area contributed by atoms with Crippen molar-refractivity contribution in [1.82, 2.24) is 0 Å². The summed E-state index contributed by atoms with van der Waals surface area (Å²) in [5.74, 6) is 5.30. The molecule has 0 saturated heterocycles. The van der Waals surface area contributed by atoms with Crippen molar-refractivity contribution >= 4 is 17.1 Å². The van der Waals surface area contributed by atoms with E-state index in [1.54, 1.807) is 24.3 Å². The van der Waals surface area contributed by atoms with Crippen LogP contribution in [0.1, 0.15) is 1.37 Å². The predicted octanol–water partition coefficient (Wildman–Crippen LogP) is 1.80. The van der Waals surface area contributed by atoms with E-state index in [0.29, 0.717) is 17.1 Å². The second-order valence-corrected chi connectivity index (χ2v) is 3.47. The van der Waals surface area contributed by atoms with Crippen LogP contribution in [0.15, 0.2) is 42.4 Å². The van der Waals surface area contributed by atoms with Gasteiger partial charge in [0.05, 0.1) is 12.7 Å². The Morgan fingerprint density at radius 1 is 0.938 bits per heavy atom. The maximum absolute atomic E-state index is 7.98. The van der Waals surface area contributed by atoms with Crippen molar-refractivity contribution < 1.29 is 1.37 Å². The third-order valence-corrected chi connectivity index (χ3v) is 2.35. The first-order valence-corrected chi connectivity index (χ1v) is 4.85. The fourth-order valence-electron chi connectivity index (χ4n) is 1.47. The normalized spacial score (nSPS) is 10.9. The summed E-state index contributed by atoms with van der Waals surface area (Å²) >= 11 is 0. The molecular weight excluding hydrogens is 200 g/mol. The van der Waals surface area contributed by atoms with Gasteiger partial charge in [0.1, 0.15) is 0 Å². The van der Waals surface area contributed by atoms with Gasteiger partial charge in [0.25, 0.3) is 0 Å². The van der Waals surface area contributed by atoms with Gasteiger partial charge in [-0.15, -0.1) is 0 Å². The Morgan fingerprint density at radius 2 is 1.56 bits per heavy atom. The van der Waals surface area contributed by atoms with Crippen LogP contribution in [0, 0.1) is 0 Å². The first-order chi connectivity index (χ1) is 8.13. The summed E-state index contributed by atoms with van der Waals surface area (Å²) in [6.45, 7) is 0. The Bertz CT molecular complexity index is 537. The largest absolute Gasteiger partial charge is 0.399 e. The maximum Gasteiger partial charge on any atom is 0.0716 e. The molecule has 0 spiro atoms. The fourth-order valence-corrected chi connectivity index (χ4v) is 1.47. The lowest BCUT2D eigenvalue weighted by Crippen LogP contribution is -2.08. The zero-order valence-corrected chi connectivity index (χ0v) is 8.70. The number of nitrogens with one attached hydrogen (secondary N) is 1. The molecule has 0 radical (unpaired) electrons. The zero-order chi connectivity index (χ0) is 12.4. The smallest absolute Gasteiger partial charge is 0.0716 e. The topological polar surface area (TPSA) is 90.1 Å². The predicted molar refractivity (Wildman–Crippen MR) is 68.5 cm³/mol. The van der Waals surface area contributed by atoms with Gasteiger partial charge in [-0.2, -0.15) is 0 Å². The molecule has 2 aromatic rings. The Labute approximate surface area is 95.4 Å². The number of hydrogen-bond donors (Lipinski definition) is 4. The molecule has 82 valence electrons. The number of anilines is 3. The van der Waals surface area contributed by atoms with Gasteiger partial charge in [0.2, 0.25) is 0 Å². The fraction of sp³-hybridized carbons (Fsp3) is 0. The van der Waals surface area contributed by atoms with Crippen molar-refractivity contribution in [3.8, 4) is 11.1 Å². The van der Waals surface area contributed by atoms with E-state index < -0.39 is 0 Å². The Morgan fingerprint density at radius 3 is 2.19 bits per heavy atom. The minimum atomic E-state index is 0.255. The van der Waals surface area contributed by atoms with Crippen molar-refractivity contribution in [2.75, 3.05) is 16.9 Å². The average Bonchev–Trinajstić information content (AvgIpc) is 2.34. The second kappa shape index (κ2) is 4.12. The molecule has 0 unspecified atom stereocenters. The molecule has 0 atom stereocenters. The highest BCUT2D eigenvalue weighted by molar-refractivity contribution is 5.76. The summed E-state index contributed by atoms with van der Waals surface area (Å²) in [6.07, 6.45) is 0. The summed E-state index contributed by atoms with van der Waals surface area (Å²) < 4.78 is 7.98. The quantitative estimate of drug-likeness (QED) is 0.349. The number of hydrogen-bond acceptors (Lipinski definition) is 4. The van der Waals surface area contributed by atoms with Crippen LogP contribution in [-0.2, 0) is 0 Å². The third kappa shape index (κ3) is 1.92. The van der Waals surface area contributed by atoms with Crippen LogP contribution in [0.25, 0.3) is 11.1 Å². The van der Waals surface area contributed by atoms with E-state index in [-0.39, 0.29) is 6.04 Å². The Kier molecular flexibility index (Phi) is 2.33. The molecule has 0 fully saturated rings. The summed E-state index contributed by atoms with van der Waals surface area (Å²) in [5, 5.41) is 0. The number of rotatable bonds is 2. The zero-order valence-electron chi connectivity index (χ0n) is 9.70. The molecule has 0 aromatic heterocycles. The molecule has 0 aliphatic carbocycles. The Balaban J connectivity index is 2.53. The lowest BCUT2D eigenvalue weighted by atomic mass is 10.0. The molecular formula is C12H14N4. The van der Waals surface area contributed by atoms with E-state index in [1.807, 2.05) is 12.1 Å². The second-order valence-electron chi connectivity index (χ2n) is 3.47. The summed E-state index contributed by atoms with van der Waals surface area (Å²) in [7, 11) is 0. The van der Waals surface area contributed by atoms with Crippen LogP contribution in [0.5, 0.6) is 0 Å². The highest BCUT2D eigenvalue weighted by Gasteiger charge is 2.01. The van der Waals surface area contributed by atoms with Gasteiger partial charge >= 0.3 is 0 Å². The van der Waals surface area contributed by atoms with Gasteiger partial charge in [-0.25, -0.2) is 0 Å². The molecule has 2 rings (SSSR count). The molecule has 0 heterocycles. The van der Waals surface area contributed by atoms with Crippen molar-refractivity contribution in [3.05, 3.63) is 42.4 Å². The number of benzene rings is 2. The van der Waals surface area contributed by atoms with E-state index in [9.17, 15) is 0 Å². The molecule has 0 aliphatic rings. The monoisotopic (exact) mass is 215 g/mol. The van der Waals surface area contributed by atoms with E-state index in [2.05, 4.69) is 5.43 Å². The third-order valence-electron chi connectivity index (χ3n) is 2.35. The van der Waals surface area contributed by atoms with E-state index >= 15 is 0 Å². The SMILES string of the molecule is [2H]c1c(-c2ccc(N)cc2)ccc(NN)c1N. The maximum atomic E-state index is 7.98. The van der Waals surface area contributed by atoms with Crippen LogP contribution in [0.3, 0.4) is 0 Å².